The summed E-state index contributed by atoms with van der Waals surface area (Å²) >= 11 is 0. The van der Waals surface area contributed by atoms with Gasteiger partial charge in [0.1, 0.15) is 11.6 Å². The van der Waals surface area contributed by atoms with Gasteiger partial charge in [0.2, 0.25) is 0 Å². The molecule has 0 fully saturated rings. The summed E-state index contributed by atoms with van der Waals surface area (Å²) < 4.78 is 5.01. The van der Waals surface area contributed by atoms with E-state index >= 15 is 0 Å². The first-order valence-electron chi connectivity index (χ1n) is 5.62. The number of nitrogens with one attached hydrogen (secondary N) is 2. The van der Waals surface area contributed by atoms with Crippen molar-refractivity contribution in [2.45, 2.75) is 38.8 Å². The Labute approximate surface area is 105 Å². The molecule has 1 aromatic rings. The van der Waals surface area contributed by atoms with Crippen molar-refractivity contribution in [3.63, 3.8) is 0 Å². The molecule has 1 amide bonds. The van der Waals surface area contributed by atoms with E-state index in [1.807, 2.05) is 0 Å². The average molecular weight is 254 g/mol. The van der Waals surface area contributed by atoms with Gasteiger partial charge in [0.15, 0.2) is 0 Å². The molecule has 100 valence electrons. The van der Waals surface area contributed by atoms with Crippen molar-refractivity contribution >= 4 is 12.1 Å². The van der Waals surface area contributed by atoms with E-state index in [0.29, 0.717) is 0 Å². The first-order chi connectivity index (χ1) is 8.28. The predicted octanol–water partition coefficient (Wildman–Crippen LogP) is 1.54. The molecule has 1 atom stereocenters. The molecule has 6 heteroatoms. The van der Waals surface area contributed by atoms with Crippen LogP contribution in [-0.4, -0.2) is 33.8 Å². The van der Waals surface area contributed by atoms with Gasteiger partial charge in [0, 0.05) is 18.3 Å². The molecule has 0 aliphatic rings. The Morgan fingerprint density at radius 3 is 2.61 bits per heavy atom. The summed E-state index contributed by atoms with van der Waals surface area (Å²) in [5.74, 6) is -1.10. The highest BCUT2D eigenvalue weighted by molar-refractivity contribution is 5.80. The monoisotopic (exact) mass is 254 g/mol. The number of carboxylic acids is 1. The van der Waals surface area contributed by atoms with Crippen molar-refractivity contribution < 1.29 is 19.4 Å². The lowest BCUT2D eigenvalue weighted by molar-refractivity contribution is -0.139. The third kappa shape index (κ3) is 4.90. The van der Waals surface area contributed by atoms with Crippen molar-refractivity contribution in [3.8, 4) is 0 Å². The van der Waals surface area contributed by atoms with E-state index in [4.69, 9.17) is 9.84 Å². The molecule has 0 spiro atoms. The van der Waals surface area contributed by atoms with E-state index in [1.54, 1.807) is 39.1 Å². The van der Waals surface area contributed by atoms with Gasteiger partial charge in [-0.05, 0) is 32.9 Å². The molecule has 1 heterocycles. The van der Waals surface area contributed by atoms with Gasteiger partial charge in [-0.25, -0.2) is 9.59 Å². The van der Waals surface area contributed by atoms with Crippen molar-refractivity contribution in [1.29, 1.82) is 0 Å². The maximum absolute atomic E-state index is 11.5. The van der Waals surface area contributed by atoms with Gasteiger partial charge in [0.25, 0.3) is 0 Å². The number of H-pyrrole nitrogens is 1. The minimum Gasteiger partial charge on any atom is -0.480 e. The molecule has 1 aromatic heterocycles. The second-order valence-electron chi connectivity index (χ2n) is 4.94. The van der Waals surface area contributed by atoms with Crippen LogP contribution in [0, 0.1) is 0 Å². The zero-order valence-electron chi connectivity index (χ0n) is 10.7. The number of amides is 1. The van der Waals surface area contributed by atoms with Gasteiger partial charge in [-0.3, -0.25) is 0 Å². The Morgan fingerprint density at radius 2 is 2.17 bits per heavy atom. The molecule has 0 radical (unpaired) electrons. The summed E-state index contributed by atoms with van der Waals surface area (Å²) in [6, 6.07) is 2.51. The molecular formula is C12H18N2O4. The third-order valence-electron chi connectivity index (χ3n) is 2.08. The van der Waals surface area contributed by atoms with Crippen molar-refractivity contribution in [2.75, 3.05) is 0 Å². The second kappa shape index (κ2) is 5.57. The van der Waals surface area contributed by atoms with Crippen LogP contribution in [-0.2, 0) is 16.0 Å². The fourth-order valence-electron chi connectivity index (χ4n) is 1.36. The second-order valence-corrected chi connectivity index (χ2v) is 4.94. The van der Waals surface area contributed by atoms with E-state index in [0.717, 1.165) is 5.69 Å². The number of aromatic nitrogens is 1. The van der Waals surface area contributed by atoms with Gasteiger partial charge in [-0.2, -0.15) is 0 Å². The van der Waals surface area contributed by atoms with Crippen LogP contribution in [0.4, 0.5) is 4.79 Å². The van der Waals surface area contributed by atoms with E-state index in [2.05, 4.69) is 10.3 Å². The minimum atomic E-state index is -1.10. The summed E-state index contributed by atoms with van der Waals surface area (Å²) in [4.78, 5) is 25.4. The Hall–Kier alpha value is -1.98. The van der Waals surface area contributed by atoms with Crippen LogP contribution >= 0.6 is 0 Å². The quantitative estimate of drug-likeness (QED) is 0.760. The first kappa shape index (κ1) is 14.1. The molecule has 1 rings (SSSR count). The number of aromatic amines is 1. The lowest BCUT2D eigenvalue weighted by atomic mass is 10.1. The number of alkyl carbamates (subject to hydrolysis) is 1. The molecule has 0 bridgehead atoms. The van der Waals surface area contributed by atoms with Gasteiger partial charge < -0.3 is 20.1 Å². The molecular weight excluding hydrogens is 236 g/mol. The van der Waals surface area contributed by atoms with Crippen molar-refractivity contribution in [3.05, 3.63) is 24.0 Å². The lowest BCUT2D eigenvalue weighted by Gasteiger charge is -2.21. The van der Waals surface area contributed by atoms with Crippen LogP contribution in [0.25, 0.3) is 0 Å². The highest BCUT2D eigenvalue weighted by Gasteiger charge is 2.24. The summed E-state index contributed by atoms with van der Waals surface area (Å²) in [5.41, 5.74) is 0.0815. The van der Waals surface area contributed by atoms with Gasteiger partial charge in [-0.15, -0.1) is 0 Å². The summed E-state index contributed by atoms with van der Waals surface area (Å²) in [6.07, 6.45) is 1.14. The smallest absolute Gasteiger partial charge is 0.408 e. The lowest BCUT2D eigenvalue weighted by Crippen LogP contribution is -2.44. The maximum atomic E-state index is 11.5. The number of hydrogen-bond donors (Lipinski definition) is 3. The van der Waals surface area contributed by atoms with Crippen LogP contribution in [0.2, 0.25) is 0 Å². The molecule has 3 N–H and O–H groups in total. The molecule has 6 nitrogen and oxygen atoms in total. The standard InChI is InChI=1S/C12H18N2O4/c1-12(2,3)18-11(17)14-9(10(15)16)7-8-5-4-6-13-8/h4-6,9,13H,7H2,1-3H3,(H,14,17)(H,15,16)/t9-/m0/s1. The van der Waals surface area contributed by atoms with Crippen LogP contribution in [0.5, 0.6) is 0 Å². The molecule has 0 aromatic carbocycles. The Bertz CT molecular complexity index is 406. The molecule has 0 unspecified atom stereocenters. The highest BCUT2D eigenvalue weighted by Crippen LogP contribution is 2.08. The van der Waals surface area contributed by atoms with Crippen LogP contribution in [0.1, 0.15) is 26.5 Å². The minimum absolute atomic E-state index is 0.182. The van der Waals surface area contributed by atoms with Gasteiger partial charge >= 0.3 is 12.1 Å². The molecule has 0 saturated carbocycles. The average Bonchev–Trinajstić information content (AvgIpc) is 2.66. The van der Waals surface area contributed by atoms with E-state index < -0.39 is 23.7 Å². The van der Waals surface area contributed by atoms with E-state index in [-0.39, 0.29) is 6.42 Å². The van der Waals surface area contributed by atoms with Crippen LogP contribution in [0.3, 0.4) is 0 Å². The SMILES string of the molecule is CC(C)(C)OC(=O)N[C@@H](Cc1ccc[nH]1)C(=O)O. The number of aliphatic carboxylic acids is 1. The van der Waals surface area contributed by atoms with E-state index in [9.17, 15) is 9.59 Å². The van der Waals surface area contributed by atoms with Crippen molar-refractivity contribution in [1.82, 2.24) is 10.3 Å². The Morgan fingerprint density at radius 1 is 1.50 bits per heavy atom. The fourth-order valence-corrected chi connectivity index (χ4v) is 1.36. The first-order valence-corrected chi connectivity index (χ1v) is 5.62. The van der Waals surface area contributed by atoms with Gasteiger partial charge in [0.05, 0.1) is 0 Å². The predicted molar refractivity (Wildman–Crippen MR) is 65.3 cm³/mol. The normalized spacial score (nSPS) is 12.8. The third-order valence-corrected chi connectivity index (χ3v) is 2.08. The topological polar surface area (TPSA) is 91.4 Å². The number of ether oxygens (including phenoxy) is 1. The number of carbonyl (C=O) groups is 2. The molecule has 0 aliphatic heterocycles. The zero-order valence-corrected chi connectivity index (χ0v) is 10.7. The zero-order chi connectivity index (χ0) is 13.8. The fraction of sp³-hybridized carbons (Fsp3) is 0.500. The largest absolute Gasteiger partial charge is 0.480 e. The number of hydrogen-bond acceptors (Lipinski definition) is 3. The summed E-state index contributed by atoms with van der Waals surface area (Å²) in [6.45, 7) is 5.15. The molecule has 18 heavy (non-hydrogen) atoms. The number of carbonyl (C=O) groups excluding carboxylic acids is 1. The Kier molecular flexibility index (Phi) is 4.36. The molecule has 0 saturated heterocycles. The van der Waals surface area contributed by atoms with Crippen LogP contribution in [0.15, 0.2) is 18.3 Å². The molecule has 0 aliphatic carbocycles. The number of rotatable bonds is 4. The van der Waals surface area contributed by atoms with Crippen molar-refractivity contribution in [2.24, 2.45) is 0 Å². The summed E-state index contributed by atoms with van der Waals surface area (Å²) in [7, 11) is 0. The highest BCUT2D eigenvalue weighted by atomic mass is 16.6. The van der Waals surface area contributed by atoms with Gasteiger partial charge in [-0.1, -0.05) is 0 Å². The number of carboxylic acid groups (broad SMARTS) is 1. The summed E-state index contributed by atoms with van der Waals surface area (Å²) in [5, 5.41) is 11.4. The van der Waals surface area contributed by atoms with E-state index in [1.165, 1.54) is 0 Å². The van der Waals surface area contributed by atoms with Crippen LogP contribution < -0.4 is 5.32 Å². The Balaban J connectivity index is 2.58. The maximum Gasteiger partial charge on any atom is 0.408 e.